The van der Waals surface area contributed by atoms with Crippen LogP contribution in [0.5, 0.6) is 0 Å². The van der Waals surface area contributed by atoms with E-state index in [-0.39, 0.29) is 12.0 Å². The molecular weight excluding hydrogens is 230 g/mol. The molecule has 1 unspecified atom stereocenters. The van der Waals surface area contributed by atoms with E-state index in [4.69, 9.17) is 4.74 Å². The van der Waals surface area contributed by atoms with Crippen LogP contribution in [0.1, 0.15) is 30.5 Å². The summed E-state index contributed by atoms with van der Waals surface area (Å²) in [4.78, 5) is 11.7. The Morgan fingerprint density at radius 2 is 2.50 bits per heavy atom. The van der Waals surface area contributed by atoms with Gasteiger partial charge in [0.2, 0.25) is 5.91 Å². The lowest BCUT2D eigenvalue weighted by Crippen LogP contribution is -2.31. The number of nitrogens with one attached hydrogen (secondary N) is 1. The number of aryl methyl sites for hydroxylation is 2. The highest BCUT2D eigenvalue weighted by Crippen LogP contribution is 2.11. The van der Waals surface area contributed by atoms with Crippen LogP contribution in [-0.2, 0) is 23.0 Å². The van der Waals surface area contributed by atoms with Crippen molar-refractivity contribution in [3.05, 3.63) is 17.5 Å². The number of nitrogens with zero attached hydrogens (tertiary/aromatic N) is 2. The summed E-state index contributed by atoms with van der Waals surface area (Å²) in [5.74, 6) is 0.0914. The molecule has 0 bridgehead atoms. The fourth-order valence-electron chi connectivity index (χ4n) is 2.16. The van der Waals surface area contributed by atoms with Crippen LogP contribution in [0.3, 0.4) is 0 Å². The van der Waals surface area contributed by atoms with Crippen LogP contribution in [0.2, 0.25) is 0 Å². The zero-order valence-corrected chi connectivity index (χ0v) is 11.1. The van der Waals surface area contributed by atoms with Gasteiger partial charge in [0.1, 0.15) is 0 Å². The average molecular weight is 251 g/mol. The Morgan fingerprint density at radius 3 is 3.11 bits per heavy atom. The monoisotopic (exact) mass is 251 g/mol. The Hall–Kier alpha value is -1.36. The fourth-order valence-corrected chi connectivity index (χ4v) is 2.16. The van der Waals surface area contributed by atoms with Crippen molar-refractivity contribution in [2.24, 2.45) is 7.05 Å². The third-order valence-corrected chi connectivity index (χ3v) is 3.51. The quantitative estimate of drug-likeness (QED) is 0.848. The standard InChI is InChI=1S/C13H21N3O2/c1-10-11(8-15-16(10)2)5-6-13(17)14-9-12-4-3-7-18-12/h8,12H,3-7,9H2,1-2H3,(H,14,17). The van der Waals surface area contributed by atoms with Gasteiger partial charge in [-0.25, -0.2) is 0 Å². The molecule has 0 aromatic carbocycles. The molecule has 5 heteroatoms. The van der Waals surface area contributed by atoms with Gasteiger partial charge < -0.3 is 10.1 Å². The molecule has 1 aliphatic heterocycles. The number of carbonyl (C=O) groups is 1. The van der Waals surface area contributed by atoms with Gasteiger partial charge in [-0.1, -0.05) is 0 Å². The van der Waals surface area contributed by atoms with E-state index in [9.17, 15) is 4.79 Å². The first kappa shape index (κ1) is 13.1. The maximum Gasteiger partial charge on any atom is 0.220 e. The molecule has 0 saturated carbocycles. The molecule has 0 aliphatic carbocycles. The van der Waals surface area contributed by atoms with Crippen molar-refractivity contribution < 1.29 is 9.53 Å². The zero-order valence-electron chi connectivity index (χ0n) is 11.1. The number of carbonyl (C=O) groups excluding carboxylic acids is 1. The number of aromatic nitrogens is 2. The van der Waals surface area contributed by atoms with Gasteiger partial charge in [-0.3, -0.25) is 9.48 Å². The molecule has 1 aromatic rings. The van der Waals surface area contributed by atoms with Crippen LogP contribution in [0.4, 0.5) is 0 Å². The minimum Gasteiger partial charge on any atom is -0.376 e. The highest BCUT2D eigenvalue weighted by molar-refractivity contribution is 5.76. The maximum atomic E-state index is 11.7. The Kier molecular flexibility index (Phi) is 4.36. The van der Waals surface area contributed by atoms with Crippen molar-refractivity contribution in [3.8, 4) is 0 Å². The number of amides is 1. The van der Waals surface area contributed by atoms with E-state index < -0.39 is 0 Å². The van der Waals surface area contributed by atoms with Gasteiger partial charge >= 0.3 is 0 Å². The Bertz CT molecular complexity index is 408. The topological polar surface area (TPSA) is 56.1 Å². The predicted molar refractivity (Wildman–Crippen MR) is 68.2 cm³/mol. The molecule has 1 atom stereocenters. The van der Waals surface area contributed by atoms with Gasteiger partial charge in [-0.05, 0) is 31.7 Å². The van der Waals surface area contributed by atoms with Gasteiger partial charge in [-0.15, -0.1) is 0 Å². The summed E-state index contributed by atoms with van der Waals surface area (Å²) in [6.07, 6.45) is 5.48. The van der Waals surface area contributed by atoms with Gasteiger partial charge in [-0.2, -0.15) is 5.10 Å². The van der Waals surface area contributed by atoms with E-state index in [0.29, 0.717) is 13.0 Å². The molecular formula is C13H21N3O2. The van der Waals surface area contributed by atoms with Crippen LogP contribution >= 0.6 is 0 Å². The Balaban J connectivity index is 1.69. The SMILES string of the molecule is Cc1c(CCC(=O)NCC2CCCO2)cnn1C. The first-order valence-corrected chi connectivity index (χ1v) is 6.52. The first-order chi connectivity index (χ1) is 8.66. The lowest BCUT2D eigenvalue weighted by atomic mass is 10.1. The largest absolute Gasteiger partial charge is 0.376 e. The van der Waals surface area contributed by atoms with Crippen LogP contribution in [0.25, 0.3) is 0 Å². The lowest BCUT2D eigenvalue weighted by molar-refractivity contribution is -0.121. The van der Waals surface area contributed by atoms with Gasteiger partial charge in [0.15, 0.2) is 0 Å². The molecule has 1 N–H and O–H groups in total. The second-order valence-electron chi connectivity index (χ2n) is 4.82. The molecule has 1 aliphatic rings. The Labute approximate surface area is 108 Å². The minimum atomic E-state index is 0.0914. The minimum absolute atomic E-state index is 0.0914. The van der Waals surface area contributed by atoms with Crippen molar-refractivity contribution in [3.63, 3.8) is 0 Å². The van der Waals surface area contributed by atoms with Crippen LogP contribution in [0.15, 0.2) is 6.20 Å². The van der Waals surface area contributed by atoms with Gasteiger partial charge in [0.25, 0.3) is 0 Å². The van der Waals surface area contributed by atoms with E-state index in [1.165, 1.54) is 0 Å². The molecule has 2 heterocycles. The normalized spacial score (nSPS) is 19.1. The van der Waals surface area contributed by atoms with E-state index in [1.807, 2.05) is 24.9 Å². The van der Waals surface area contributed by atoms with E-state index >= 15 is 0 Å². The highest BCUT2D eigenvalue weighted by Gasteiger charge is 2.16. The van der Waals surface area contributed by atoms with Crippen LogP contribution in [-0.4, -0.2) is 34.9 Å². The Morgan fingerprint density at radius 1 is 1.67 bits per heavy atom. The van der Waals surface area contributed by atoms with Gasteiger partial charge in [0.05, 0.1) is 12.3 Å². The van der Waals surface area contributed by atoms with Crippen molar-refractivity contribution >= 4 is 5.91 Å². The second-order valence-corrected chi connectivity index (χ2v) is 4.82. The lowest BCUT2D eigenvalue weighted by Gasteiger charge is -2.10. The van der Waals surface area contributed by atoms with Crippen LogP contribution in [0, 0.1) is 6.92 Å². The molecule has 0 radical (unpaired) electrons. The summed E-state index contributed by atoms with van der Waals surface area (Å²) in [7, 11) is 1.91. The predicted octanol–water partition coefficient (Wildman–Crippen LogP) is 0.956. The summed E-state index contributed by atoms with van der Waals surface area (Å²) in [5.41, 5.74) is 2.27. The van der Waals surface area contributed by atoms with Crippen molar-refractivity contribution in [2.75, 3.05) is 13.2 Å². The second kappa shape index (κ2) is 6.00. The number of hydrogen-bond donors (Lipinski definition) is 1. The van der Waals surface area contributed by atoms with Crippen molar-refractivity contribution in [1.82, 2.24) is 15.1 Å². The van der Waals surface area contributed by atoms with Gasteiger partial charge in [0, 0.05) is 32.3 Å². The average Bonchev–Trinajstić information content (AvgIpc) is 2.97. The molecule has 1 aromatic heterocycles. The molecule has 18 heavy (non-hydrogen) atoms. The molecule has 2 rings (SSSR count). The van der Waals surface area contributed by atoms with E-state index in [1.54, 1.807) is 0 Å². The zero-order chi connectivity index (χ0) is 13.0. The molecule has 5 nitrogen and oxygen atoms in total. The highest BCUT2D eigenvalue weighted by atomic mass is 16.5. The summed E-state index contributed by atoms with van der Waals surface area (Å²) >= 11 is 0. The number of rotatable bonds is 5. The van der Waals surface area contributed by atoms with E-state index in [0.717, 1.165) is 37.1 Å². The molecule has 1 amide bonds. The maximum absolute atomic E-state index is 11.7. The summed E-state index contributed by atoms with van der Waals surface area (Å²) in [5, 5.41) is 7.10. The van der Waals surface area contributed by atoms with Crippen molar-refractivity contribution in [2.45, 2.75) is 38.7 Å². The number of ether oxygens (including phenoxy) is 1. The molecule has 1 saturated heterocycles. The third kappa shape index (κ3) is 3.32. The van der Waals surface area contributed by atoms with E-state index in [2.05, 4.69) is 10.4 Å². The summed E-state index contributed by atoms with van der Waals surface area (Å²) in [6, 6.07) is 0. The first-order valence-electron chi connectivity index (χ1n) is 6.52. The molecule has 100 valence electrons. The smallest absolute Gasteiger partial charge is 0.220 e. The number of hydrogen-bond acceptors (Lipinski definition) is 3. The summed E-state index contributed by atoms with van der Waals surface area (Å²) in [6.45, 7) is 3.49. The van der Waals surface area contributed by atoms with Crippen molar-refractivity contribution in [1.29, 1.82) is 0 Å². The van der Waals surface area contributed by atoms with Crippen LogP contribution < -0.4 is 5.32 Å². The summed E-state index contributed by atoms with van der Waals surface area (Å²) < 4.78 is 7.29. The molecule has 0 spiro atoms. The molecule has 1 fully saturated rings. The fraction of sp³-hybridized carbons (Fsp3) is 0.692. The third-order valence-electron chi connectivity index (χ3n) is 3.51.